The van der Waals surface area contributed by atoms with Gasteiger partial charge >= 0.3 is 5.97 Å². The molecule has 1 heterocycles. The number of rotatable bonds is 14. The predicted molar refractivity (Wildman–Crippen MR) is 126 cm³/mol. The first kappa shape index (κ1) is 24.3. The quantitative estimate of drug-likeness (QED) is 0.224. The molecule has 31 heavy (non-hydrogen) atoms. The number of ether oxygens (including phenoxy) is 2. The Hall–Kier alpha value is -3.02. The van der Waals surface area contributed by atoms with Crippen LogP contribution in [0.25, 0.3) is 6.08 Å². The van der Waals surface area contributed by atoms with Gasteiger partial charge in [0.1, 0.15) is 13.2 Å². The Morgan fingerprint density at radius 3 is 2.13 bits per heavy atom. The number of nitrogens with zero attached hydrogens (tertiary/aromatic N) is 2. The molecule has 0 aliphatic carbocycles. The van der Waals surface area contributed by atoms with Crippen LogP contribution in [-0.4, -0.2) is 38.0 Å². The fourth-order valence-corrected chi connectivity index (χ4v) is 2.99. The van der Waals surface area contributed by atoms with Crippen LogP contribution in [0.2, 0.25) is 0 Å². The zero-order valence-electron chi connectivity index (χ0n) is 19.0. The highest BCUT2D eigenvalue weighted by atomic mass is 16.7. The molecule has 0 bridgehead atoms. The number of allylic oxidation sites excluding steroid dienone is 2. The van der Waals surface area contributed by atoms with E-state index in [9.17, 15) is 4.79 Å². The second-order valence-corrected chi connectivity index (χ2v) is 7.28. The van der Waals surface area contributed by atoms with E-state index in [1.54, 1.807) is 0 Å². The summed E-state index contributed by atoms with van der Waals surface area (Å²) in [4.78, 5) is 19.0. The summed E-state index contributed by atoms with van der Waals surface area (Å²) in [5.74, 6) is 1.17. The Bertz CT molecular complexity index is 802. The molecule has 0 radical (unpaired) electrons. The van der Waals surface area contributed by atoms with Crippen molar-refractivity contribution in [1.82, 2.24) is 0 Å². The van der Waals surface area contributed by atoms with Crippen LogP contribution in [0.3, 0.4) is 0 Å². The van der Waals surface area contributed by atoms with Crippen LogP contribution in [0.15, 0.2) is 59.7 Å². The molecule has 0 aromatic heterocycles. The van der Waals surface area contributed by atoms with Crippen molar-refractivity contribution in [3.05, 3.63) is 60.1 Å². The molecular formula is C25H34N2O4. The second-order valence-electron chi connectivity index (χ2n) is 7.28. The summed E-state index contributed by atoms with van der Waals surface area (Å²) in [5.41, 5.74) is 3.21. The van der Waals surface area contributed by atoms with E-state index in [-0.39, 0.29) is 0 Å². The lowest BCUT2D eigenvalue weighted by atomic mass is 10.0. The largest absolute Gasteiger partial charge is 0.497 e. The van der Waals surface area contributed by atoms with Crippen molar-refractivity contribution in [2.45, 2.75) is 46.5 Å². The maximum absolute atomic E-state index is 12.0. The van der Waals surface area contributed by atoms with Crippen molar-refractivity contribution in [1.29, 1.82) is 0 Å². The zero-order valence-corrected chi connectivity index (χ0v) is 19.0. The van der Waals surface area contributed by atoms with E-state index in [4.69, 9.17) is 14.3 Å². The van der Waals surface area contributed by atoms with E-state index in [1.165, 1.54) is 0 Å². The average molecular weight is 427 g/mol. The first-order chi connectivity index (χ1) is 15.0. The Balaban J connectivity index is 2.09. The lowest BCUT2D eigenvalue weighted by molar-refractivity contribution is -0.136. The van der Waals surface area contributed by atoms with Crippen LogP contribution in [0.4, 0.5) is 5.69 Å². The van der Waals surface area contributed by atoms with Gasteiger partial charge in [0.25, 0.3) is 0 Å². The standard InChI is InChI=1S/C25H34N2O4/c1-6-9-24-23(25(28)31-26-24)18-21-10-12-22(13-11-21)27(14-16-29-19(4)7-2)15-17-30-20(5)8-3/h10-13,18H,4-9,14-17H2,1-3H3. The maximum atomic E-state index is 12.0. The SMILES string of the molecule is C=C(CC)OCCN(CCOC(=C)CC)c1ccc(C=C2C(=O)ON=C2CCC)cc1. The second kappa shape index (κ2) is 12.6. The molecule has 1 aliphatic heterocycles. The van der Waals surface area contributed by atoms with Gasteiger partial charge in [0.05, 0.1) is 35.9 Å². The highest BCUT2D eigenvalue weighted by Crippen LogP contribution is 2.21. The highest BCUT2D eigenvalue weighted by molar-refractivity contribution is 6.25. The van der Waals surface area contributed by atoms with E-state index in [1.807, 2.05) is 51.1 Å². The van der Waals surface area contributed by atoms with Crippen LogP contribution >= 0.6 is 0 Å². The Morgan fingerprint density at radius 1 is 1.03 bits per heavy atom. The number of hydrogen-bond acceptors (Lipinski definition) is 6. The topological polar surface area (TPSA) is 60.4 Å². The van der Waals surface area contributed by atoms with Gasteiger partial charge in [-0.3, -0.25) is 0 Å². The summed E-state index contributed by atoms with van der Waals surface area (Å²) in [6, 6.07) is 8.05. The molecule has 1 aromatic rings. The lowest BCUT2D eigenvalue weighted by Crippen LogP contribution is -2.30. The molecular weight excluding hydrogens is 392 g/mol. The summed E-state index contributed by atoms with van der Waals surface area (Å²) >= 11 is 0. The number of carbonyl (C=O) groups excluding carboxylic acids is 1. The normalized spacial score (nSPS) is 14.2. The van der Waals surface area contributed by atoms with Gasteiger partial charge in [-0.2, -0.15) is 0 Å². The summed E-state index contributed by atoms with van der Waals surface area (Å²) < 4.78 is 11.4. The molecule has 1 aliphatic rings. The molecule has 0 unspecified atom stereocenters. The predicted octanol–water partition coefficient (Wildman–Crippen LogP) is 5.47. The van der Waals surface area contributed by atoms with Crippen molar-refractivity contribution < 1.29 is 19.1 Å². The van der Waals surface area contributed by atoms with Crippen LogP contribution < -0.4 is 4.90 Å². The summed E-state index contributed by atoms with van der Waals surface area (Å²) in [7, 11) is 0. The van der Waals surface area contributed by atoms with Crippen molar-refractivity contribution in [2.24, 2.45) is 5.16 Å². The van der Waals surface area contributed by atoms with Gasteiger partial charge in [-0.25, -0.2) is 4.79 Å². The third kappa shape index (κ3) is 7.63. The Labute approximate surface area is 185 Å². The van der Waals surface area contributed by atoms with Gasteiger partial charge in [0.15, 0.2) is 0 Å². The molecule has 6 heteroatoms. The average Bonchev–Trinajstić information content (AvgIpc) is 3.12. The van der Waals surface area contributed by atoms with Crippen molar-refractivity contribution in [3.8, 4) is 0 Å². The number of anilines is 1. The molecule has 6 nitrogen and oxygen atoms in total. The van der Waals surface area contributed by atoms with Crippen molar-refractivity contribution >= 4 is 23.4 Å². The monoisotopic (exact) mass is 426 g/mol. The van der Waals surface area contributed by atoms with Crippen LogP contribution in [-0.2, 0) is 19.1 Å². The van der Waals surface area contributed by atoms with Gasteiger partial charge in [-0.1, -0.05) is 57.6 Å². The van der Waals surface area contributed by atoms with E-state index >= 15 is 0 Å². The zero-order chi connectivity index (χ0) is 22.6. The molecule has 0 spiro atoms. The summed E-state index contributed by atoms with van der Waals surface area (Å²) in [6.45, 7) is 16.4. The number of carbonyl (C=O) groups is 1. The molecule has 0 amide bonds. The van der Waals surface area contributed by atoms with Gasteiger partial charge in [0, 0.05) is 18.5 Å². The molecule has 0 N–H and O–H groups in total. The van der Waals surface area contributed by atoms with E-state index in [0.29, 0.717) is 37.6 Å². The minimum Gasteiger partial charge on any atom is -0.497 e. The van der Waals surface area contributed by atoms with Crippen molar-refractivity contribution in [2.75, 3.05) is 31.2 Å². The summed E-state index contributed by atoms with van der Waals surface area (Å²) in [5, 5.41) is 3.89. The third-order valence-electron chi connectivity index (χ3n) is 4.95. The Kier molecular flexibility index (Phi) is 9.88. The molecule has 0 saturated heterocycles. The fourth-order valence-electron chi connectivity index (χ4n) is 2.99. The first-order valence-electron chi connectivity index (χ1n) is 10.9. The van der Waals surface area contributed by atoms with E-state index in [0.717, 1.165) is 48.5 Å². The molecule has 2 rings (SSSR count). The fraction of sp³-hybridized carbons (Fsp3) is 0.440. The summed E-state index contributed by atoms with van der Waals surface area (Å²) in [6.07, 6.45) is 5.05. The van der Waals surface area contributed by atoms with Gasteiger partial charge in [0.2, 0.25) is 0 Å². The van der Waals surface area contributed by atoms with Crippen LogP contribution in [0, 0.1) is 0 Å². The third-order valence-corrected chi connectivity index (χ3v) is 4.95. The van der Waals surface area contributed by atoms with Crippen molar-refractivity contribution in [3.63, 3.8) is 0 Å². The van der Waals surface area contributed by atoms with E-state index in [2.05, 4.69) is 23.2 Å². The maximum Gasteiger partial charge on any atom is 0.367 e. The van der Waals surface area contributed by atoms with Gasteiger partial charge in [-0.05, 0) is 30.2 Å². The molecule has 168 valence electrons. The minimum absolute atomic E-state index is 0.393. The van der Waals surface area contributed by atoms with Gasteiger partial charge in [-0.15, -0.1) is 0 Å². The minimum atomic E-state index is -0.393. The molecule has 0 fully saturated rings. The first-order valence-corrected chi connectivity index (χ1v) is 10.9. The number of oxime groups is 1. The van der Waals surface area contributed by atoms with Crippen LogP contribution in [0.5, 0.6) is 0 Å². The van der Waals surface area contributed by atoms with E-state index < -0.39 is 5.97 Å². The molecule has 1 aromatic carbocycles. The highest BCUT2D eigenvalue weighted by Gasteiger charge is 2.24. The molecule has 0 saturated carbocycles. The smallest absolute Gasteiger partial charge is 0.367 e. The number of benzene rings is 1. The lowest BCUT2D eigenvalue weighted by Gasteiger charge is -2.25. The van der Waals surface area contributed by atoms with Crippen LogP contribution in [0.1, 0.15) is 52.0 Å². The Morgan fingerprint density at radius 2 is 1.61 bits per heavy atom. The van der Waals surface area contributed by atoms with Gasteiger partial charge < -0.3 is 19.2 Å². The number of hydrogen-bond donors (Lipinski definition) is 0. The molecule has 0 atom stereocenters.